The van der Waals surface area contributed by atoms with Crippen LogP contribution >= 0.6 is 0 Å². The molecule has 0 spiro atoms. The van der Waals surface area contributed by atoms with Gasteiger partial charge in [-0.1, -0.05) is 39.3 Å². The van der Waals surface area contributed by atoms with Crippen molar-refractivity contribution in [1.29, 1.82) is 0 Å². The fraction of sp³-hybridized carbons (Fsp3) is 0.667. The van der Waals surface area contributed by atoms with Crippen molar-refractivity contribution < 1.29 is 19.1 Å². The van der Waals surface area contributed by atoms with Crippen LogP contribution in [-0.4, -0.2) is 24.6 Å². The highest BCUT2D eigenvalue weighted by Gasteiger charge is 2.34. The number of hydrogen-bond acceptors (Lipinski definition) is 4. The highest BCUT2D eigenvalue weighted by Crippen LogP contribution is 2.42. The van der Waals surface area contributed by atoms with Crippen LogP contribution in [0.5, 0.6) is 5.75 Å². The van der Waals surface area contributed by atoms with Crippen LogP contribution in [0.4, 0.5) is 0 Å². The highest BCUT2D eigenvalue weighted by molar-refractivity contribution is 5.81. The van der Waals surface area contributed by atoms with Gasteiger partial charge in [-0.25, -0.2) is 0 Å². The lowest BCUT2D eigenvalue weighted by Gasteiger charge is -2.38. The van der Waals surface area contributed by atoms with Gasteiger partial charge in [-0.3, -0.25) is 9.59 Å². The molecule has 0 aliphatic heterocycles. The molecular weight excluding hydrogens is 366 g/mol. The summed E-state index contributed by atoms with van der Waals surface area (Å²) in [5.74, 6) is 0.849. The van der Waals surface area contributed by atoms with Gasteiger partial charge >= 0.3 is 5.97 Å². The lowest BCUT2D eigenvalue weighted by molar-refractivity contribution is -0.154. The Morgan fingerprint density at radius 1 is 1.17 bits per heavy atom. The summed E-state index contributed by atoms with van der Waals surface area (Å²) in [6, 6.07) is 7.62. The van der Waals surface area contributed by atoms with E-state index < -0.39 is 0 Å². The molecule has 0 unspecified atom stereocenters. The van der Waals surface area contributed by atoms with Crippen molar-refractivity contribution in [3.63, 3.8) is 0 Å². The first-order valence-electron chi connectivity index (χ1n) is 10.9. The molecule has 0 bridgehead atoms. The van der Waals surface area contributed by atoms with Gasteiger partial charge in [0.05, 0.1) is 12.0 Å². The summed E-state index contributed by atoms with van der Waals surface area (Å²) in [6.07, 6.45) is 5.08. The predicted octanol–water partition coefficient (Wildman–Crippen LogP) is 4.88. The van der Waals surface area contributed by atoms with Crippen molar-refractivity contribution in [1.82, 2.24) is 5.32 Å². The molecule has 1 amide bonds. The minimum atomic E-state index is -0.283. The van der Waals surface area contributed by atoms with E-state index in [-0.39, 0.29) is 30.5 Å². The van der Waals surface area contributed by atoms with E-state index in [0.717, 1.165) is 43.4 Å². The fourth-order valence-electron chi connectivity index (χ4n) is 3.91. The molecule has 1 N–H and O–H groups in total. The quantitative estimate of drug-likeness (QED) is 0.597. The van der Waals surface area contributed by atoms with E-state index >= 15 is 0 Å². The van der Waals surface area contributed by atoms with Crippen LogP contribution < -0.4 is 10.1 Å². The van der Waals surface area contributed by atoms with Gasteiger partial charge in [0.1, 0.15) is 5.75 Å². The van der Waals surface area contributed by atoms with Crippen molar-refractivity contribution in [3.8, 4) is 5.75 Å². The van der Waals surface area contributed by atoms with Crippen molar-refractivity contribution >= 4 is 11.9 Å². The van der Waals surface area contributed by atoms with Crippen LogP contribution in [0.2, 0.25) is 0 Å². The van der Waals surface area contributed by atoms with Crippen LogP contribution in [-0.2, 0) is 20.9 Å². The Balaban J connectivity index is 1.71. The van der Waals surface area contributed by atoms with Crippen LogP contribution in [0.15, 0.2) is 24.3 Å². The Bertz CT molecular complexity index is 675. The van der Waals surface area contributed by atoms with Crippen LogP contribution in [0.1, 0.15) is 72.3 Å². The molecule has 0 aromatic heterocycles. The molecule has 29 heavy (non-hydrogen) atoms. The summed E-state index contributed by atoms with van der Waals surface area (Å²) in [7, 11) is 0. The second kappa shape index (κ2) is 10.7. The van der Waals surface area contributed by atoms with Crippen LogP contribution in [0.25, 0.3) is 0 Å². The number of esters is 1. The predicted molar refractivity (Wildman–Crippen MR) is 115 cm³/mol. The van der Waals surface area contributed by atoms with Crippen molar-refractivity contribution in [2.75, 3.05) is 6.61 Å². The maximum absolute atomic E-state index is 12.3. The van der Waals surface area contributed by atoms with E-state index in [2.05, 4.69) is 26.1 Å². The maximum Gasteiger partial charge on any atom is 0.309 e. The molecule has 162 valence electrons. The molecule has 1 aliphatic rings. The number of nitrogens with one attached hydrogen (secondary N) is 1. The molecule has 1 aromatic carbocycles. The largest absolute Gasteiger partial charge is 0.491 e. The van der Waals surface area contributed by atoms with E-state index in [1.165, 1.54) is 0 Å². The van der Waals surface area contributed by atoms with Gasteiger partial charge in [0, 0.05) is 6.54 Å². The van der Waals surface area contributed by atoms with Crippen molar-refractivity contribution in [3.05, 3.63) is 29.8 Å². The molecule has 0 radical (unpaired) electrons. The summed E-state index contributed by atoms with van der Waals surface area (Å²) in [4.78, 5) is 24.4. The lowest BCUT2D eigenvalue weighted by Crippen LogP contribution is -2.33. The molecule has 0 saturated heterocycles. The minimum absolute atomic E-state index is 0.0726. The summed E-state index contributed by atoms with van der Waals surface area (Å²) in [5, 5.41) is 2.80. The van der Waals surface area contributed by atoms with E-state index in [0.29, 0.717) is 17.9 Å². The van der Waals surface area contributed by atoms with Gasteiger partial charge in [0.2, 0.25) is 0 Å². The van der Waals surface area contributed by atoms with Gasteiger partial charge in [-0.05, 0) is 68.6 Å². The SMILES string of the molecule is CCC(C)(C)C1CCC(C(=O)OCC(=O)NCc2cccc(OC(C)C)c2)CC1. The molecule has 0 atom stereocenters. The number of carbonyl (C=O) groups is 2. The van der Waals surface area contributed by atoms with Crippen molar-refractivity contribution in [2.24, 2.45) is 17.3 Å². The third-order valence-electron chi connectivity index (χ3n) is 6.18. The molecule has 0 heterocycles. The third kappa shape index (κ3) is 7.37. The van der Waals surface area contributed by atoms with Gasteiger partial charge in [0.25, 0.3) is 5.91 Å². The smallest absolute Gasteiger partial charge is 0.309 e. The summed E-state index contributed by atoms with van der Waals surface area (Å²) < 4.78 is 10.9. The van der Waals surface area contributed by atoms with Crippen LogP contribution in [0, 0.1) is 17.3 Å². The van der Waals surface area contributed by atoms with Gasteiger partial charge in [-0.15, -0.1) is 0 Å². The molecule has 5 heteroatoms. The second-order valence-corrected chi connectivity index (χ2v) is 9.09. The van der Waals surface area contributed by atoms with E-state index in [4.69, 9.17) is 9.47 Å². The number of benzene rings is 1. The minimum Gasteiger partial charge on any atom is -0.491 e. The van der Waals surface area contributed by atoms with Gasteiger partial charge < -0.3 is 14.8 Å². The molecule has 1 saturated carbocycles. The molecule has 1 aliphatic carbocycles. The first-order chi connectivity index (χ1) is 13.7. The summed E-state index contributed by atoms with van der Waals surface area (Å²) in [5.41, 5.74) is 1.27. The monoisotopic (exact) mass is 403 g/mol. The number of ether oxygens (including phenoxy) is 2. The zero-order valence-electron chi connectivity index (χ0n) is 18.6. The molecule has 1 fully saturated rings. The second-order valence-electron chi connectivity index (χ2n) is 9.09. The first-order valence-corrected chi connectivity index (χ1v) is 10.9. The average Bonchev–Trinajstić information content (AvgIpc) is 2.70. The van der Waals surface area contributed by atoms with E-state index in [1.54, 1.807) is 0 Å². The number of amides is 1. The Morgan fingerprint density at radius 3 is 2.48 bits per heavy atom. The molecule has 2 rings (SSSR count). The molecule has 1 aromatic rings. The standard InChI is InChI=1S/C24H37NO4/c1-6-24(4,5)20-12-10-19(11-13-20)23(27)28-16-22(26)25-15-18-8-7-9-21(14-18)29-17(2)3/h7-9,14,17,19-20H,6,10-13,15-16H2,1-5H3,(H,25,26). The Morgan fingerprint density at radius 2 is 1.86 bits per heavy atom. The Labute approximate surface area is 175 Å². The Hall–Kier alpha value is -2.04. The number of hydrogen-bond donors (Lipinski definition) is 1. The Kier molecular flexibility index (Phi) is 8.54. The van der Waals surface area contributed by atoms with Crippen LogP contribution in [0.3, 0.4) is 0 Å². The molecular formula is C24H37NO4. The van der Waals surface area contributed by atoms with E-state index in [9.17, 15) is 9.59 Å². The zero-order valence-corrected chi connectivity index (χ0v) is 18.6. The summed E-state index contributed by atoms with van der Waals surface area (Å²) >= 11 is 0. The zero-order chi connectivity index (χ0) is 21.4. The molecule has 5 nitrogen and oxygen atoms in total. The summed E-state index contributed by atoms with van der Waals surface area (Å²) in [6.45, 7) is 11.0. The fourth-order valence-corrected chi connectivity index (χ4v) is 3.91. The van der Waals surface area contributed by atoms with Gasteiger partial charge in [0.15, 0.2) is 6.61 Å². The first kappa shape index (κ1) is 23.2. The average molecular weight is 404 g/mol. The lowest BCUT2D eigenvalue weighted by atomic mass is 9.67. The normalized spacial score (nSPS) is 19.7. The van der Waals surface area contributed by atoms with E-state index in [1.807, 2.05) is 38.1 Å². The third-order valence-corrected chi connectivity index (χ3v) is 6.18. The topological polar surface area (TPSA) is 64.6 Å². The number of rotatable bonds is 9. The van der Waals surface area contributed by atoms with Crippen molar-refractivity contribution in [2.45, 2.75) is 79.4 Å². The maximum atomic E-state index is 12.3. The number of carbonyl (C=O) groups excluding carboxylic acids is 2. The highest BCUT2D eigenvalue weighted by atomic mass is 16.5. The van der Waals surface area contributed by atoms with Gasteiger partial charge in [-0.2, -0.15) is 0 Å².